The molecule has 26 heavy (non-hydrogen) atoms. The summed E-state index contributed by atoms with van der Waals surface area (Å²) in [4.78, 5) is 20.5. The van der Waals surface area contributed by atoms with Crippen molar-refractivity contribution in [1.82, 2.24) is 14.5 Å². The molecule has 1 aromatic carbocycles. The van der Waals surface area contributed by atoms with E-state index < -0.39 is 5.54 Å². The minimum atomic E-state index is -0.804. The van der Waals surface area contributed by atoms with E-state index in [1.54, 1.807) is 28.1 Å². The number of imidazole rings is 1. The molecular formula is C18H23N5O3. The van der Waals surface area contributed by atoms with E-state index in [0.29, 0.717) is 42.2 Å². The summed E-state index contributed by atoms with van der Waals surface area (Å²) in [6.07, 6.45) is 0.580. The summed E-state index contributed by atoms with van der Waals surface area (Å²) < 4.78 is 12.7. The van der Waals surface area contributed by atoms with Crippen molar-refractivity contribution in [3.63, 3.8) is 0 Å². The molecule has 0 unspecified atom stereocenters. The molecule has 2 aromatic heterocycles. The van der Waals surface area contributed by atoms with Crippen LogP contribution in [-0.2, 0) is 17.7 Å². The van der Waals surface area contributed by atoms with E-state index in [-0.39, 0.29) is 0 Å². The van der Waals surface area contributed by atoms with E-state index in [2.05, 4.69) is 15.1 Å². The van der Waals surface area contributed by atoms with Gasteiger partial charge in [0.1, 0.15) is 22.6 Å². The van der Waals surface area contributed by atoms with Gasteiger partial charge in [0.05, 0.1) is 36.7 Å². The van der Waals surface area contributed by atoms with Crippen LogP contribution in [0.4, 0.5) is 5.82 Å². The Morgan fingerprint density at radius 1 is 1.27 bits per heavy atom. The maximum Gasteiger partial charge on any atom is 0.152 e. The summed E-state index contributed by atoms with van der Waals surface area (Å²) in [5.74, 6) is 1.79. The Labute approximate surface area is 151 Å². The van der Waals surface area contributed by atoms with Crippen molar-refractivity contribution in [3.05, 3.63) is 28.9 Å². The van der Waals surface area contributed by atoms with Crippen molar-refractivity contribution < 1.29 is 9.47 Å². The second kappa shape index (κ2) is 6.87. The van der Waals surface area contributed by atoms with E-state index in [1.165, 1.54) is 0 Å². The number of benzene rings is 1. The zero-order valence-electron chi connectivity index (χ0n) is 15.4. The first-order valence-electron chi connectivity index (χ1n) is 8.36. The average molecular weight is 357 g/mol. The van der Waals surface area contributed by atoms with Gasteiger partial charge in [0.2, 0.25) is 0 Å². The molecule has 2 N–H and O–H groups in total. The maximum atomic E-state index is 11.3. The molecule has 0 radical (unpaired) electrons. The standard InChI is InChI=1S/C18H23N5O3/c1-18(2,22-24)10-23-13(8-9-25-3)21-15-16(23)14-11(20-17(15)19)6-5-7-12(14)26-4/h5-7H,8-10H2,1-4H3,(H2,19,20). The van der Waals surface area contributed by atoms with Crippen LogP contribution in [0.25, 0.3) is 21.9 Å². The molecule has 0 atom stereocenters. The molecule has 0 saturated carbocycles. The van der Waals surface area contributed by atoms with Gasteiger partial charge < -0.3 is 19.8 Å². The topological polar surface area (TPSA) is 105 Å². The summed E-state index contributed by atoms with van der Waals surface area (Å²) in [5, 5.41) is 4.08. The van der Waals surface area contributed by atoms with Gasteiger partial charge in [-0.2, -0.15) is 4.91 Å². The number of hydrogen-bond donors (Lipinski definition) is 1. The first-order chi connectivity index (χ1) is 12.4. The Bertz CT molecular complexity index is 965. The molecule has 0 aliphatic carbocycles. The molecule has 0 saturated heterocycles. The predicted octanol–water partition coefficient (Wildman–Crippen LogP) is 2.91. The number of nitrogens with zero attached hydrogens (tertiary/aromatic N) is 4. The lowest BCUT2D eigenvalue weighted by Gasteiger charge is -2.19. The number of methoxy groups -OCH3 is 2. The molecule has 138 valence electrons. The lowest BCUT2D eigenvalue weighted by Crippen LogP contribution is -2.25. The zero-order valence-corrected chi connectivity index (χ0v) is 15.4. The molecule has 0 fully saturated rings. The third-order valence-corrected chi connectivity index (χ3v) is 4.31. The van der Waals surface area contributed by atoms with Crippen molar-refractivity contribution in [1.29, 1.82) is 0 Å². The first kappa shape index (κ1) is 18.1. The Morgan fingerprint density at radius 2 is 2.04 bits per heavy atom. The minimum absolute atomic E-state index is 0.343. The van der Waals surface area contributed by atoms with E-state index in [9.17, 15) is 4.91 Å². The summed E-state index contributed by atoms with van der Waals surface area (Å²) in [6.45, 7) is 4.44. The molecule has 3 rings (SSSR count). The van der Waals surface area contributed by atoms with Crippen LogP contribution in [0.1, 0.15) is 19.7 Å². The van der Waals surface area contributed by atoms with Gasteiger partial charge in [-0.3, -0.25) is 0 Å². The lowest BCUT2D eigenvalue weighted by atomic mass is 10.1. The molecule has 0 amide bonds. The SMILES string of the molecule is COCCc1nc2c(N)nc3cccc(OC)c3c2n1CC(C)(C)N=O. The van der Waals surface area contributed by atoms with Crippen molar-refractivity contribution in [3.8, 4) is 5.75 Å². The van der Waals surface area contributed by atoms with Gasteiger partial charge in [0.25, 0.3) is 0 Å². The van der Waals surface area contributed by atoms with Crippen molar-refractivity contribution in [2.24, 2.45) is 5.18 Å². The number of aromatic nitrogens is 3. The number of hydrogen-bond acceptors (Lipinski definition) is 7. The van der Waals surface area contributed by atoms with Crippen molar-refractivity contribution in [2.45, 2.75) is 32.4 Å². The highest BCUT2D eigenvalue weighted by molar-refractivity contribution is 6.09. The smallest absolute Gasteiger partial charge is 0.152 e. The Morgan fingerprint density at radius 3 is 2.69 bits per heavy atom. The Kier molecular flexibility index (Phi) is 4.78. The van der Waals surface area contributed by atoms with Crippen LogP contribution in [0.15, 0.2) is 23.4 Å². The Hall–Kier alpha value is -2.74. The number of rotatable bonds is 7. The highest BCUT2D eigenvalue weighted by Crippen LogP contribution is 2.35. The fourth-order valence-corrected chi connectivity index (χ4v) is 3.11. The average Bonchev–Trinajstić information content (AvgIpc) is 2.98. The van der Waals surface area contributed by atoms with Crippen LogP contribution < -0.4 is 10.5 Å². The fraction of sp³-hybridized carbons (Fsp3) is 0.444. The summed E-state index contributed by atoms with van der Waals surface area (Å²) >= 11 is 0. The Balaban J connectivity index is 2.40. The van der Waals surface area contributed by atoms with Crippen molar-refractivity contribution in [2.75, 3.05) is 26.6 Å². The number of pyridine rings is 1. The molecule has 8 nitrogen and oxygen atoms in total. The van der Waals surface area contributed by atoms with E-state index in [0.717, 1.165) is 16.7 Å². The number of anilines is 1. The first-order valence-corrected chi connectivity index (χ1v) is 8.36. The number of ether oxygens (including phenoxy) is 2. The van der Waals surface area contributed by atoms with Crippen LogP contribution in [0.2, 0.25) is 0 Å². The molecule has 0 aliphatic rings. The van der Waals surface area contributed by atoms with Gasteiger partial charge in [0.15, 0.2) is 5.82 Å². The van der Waals surface area contributed by atoms with Gasteiger partial charge in [0, 0.05) is 13.5 Å². The monoisotopic (exact) mass is 357 g/mol. The van der Waals surface area contributed by atoms with Gasteiger partial charge in [-0.25, -0.2) is 9.97 Å². The van der Waals surface area contributed by atoms with Crippen molar-refractivity contribution >= 4 is 27.8 Å². The highest BCUT2D eigenvalue weighted by Gasteiger charge is 2.25. The van der Waals surface area contributed by atoms with Crippen LogP contribution in [0.3, 0.4) is 0 Å². The van der Waals surface area contributed by atoms with Gasteiger partial charge >= 0.3 is 0 Å². The number of nitrogens with two attached hydrogens (primary N) is 1. The van der Waals surface area contributed by atoms with Gasteiger partial charge in [-0.05, 0) is 26.0 Å². The molecule has 0 aliphatic heterocycles. The third-order valence-electron chi connectivity index (χ3n) is 4.31. The fourth-order valence-electron chi connectivity index (χ4n) is 3.11. The van der Waals surface area contributed by atoms with Crippen LogP contribution in [-0.4, -0.2) is 40.9 Å². The normalized spacial score (nSPS) is 12.0. The minimum Gasteiger partial charge on any atom is -0.496 e. The maximum absolute atomic E-state index is 11.3. The molecular weight excluding hydrogens is 334 g/mol. The van der Waals surface area contributed by atoms with Crippen LogP contribution in [0, 0.1) is 4.91 Å². The summed E-state index contributed by atoms with van der Waals surface area (Å²) in [6, 6.07) is 5.61. The van der Waals surface area contributed by atoms with E-state index in [1.807, 2.05) is 22.8 Å². The molecule has 2 heterocycles. The second-order valence-electron chi connectivity index (χ2n) is 6.81. The predicted molar refractivity (Wildman–Crippen MR) is 101 cm³/mol. The number of fused-ring (bicyclic) bond motifs is 3. The lowest BCUT2D eigenvalue weighted by molar-refractivity contribution is 0.199. The third kappa shape index (κ3) is 3.08. The number of nitroso groups, excluding NO2 is 1. The van der Waals surface area contributed by atoms with Gasteiger partial charge in [-0.15, -0.1) is 0 Å². The van der Waals surface area contributed by atoms with Gasteiger partial charge in [-0.1, -0.05) is 11.2 Å². The zero-order chi connectivity index (χ0) is 18.9. The molecule has 0 spiro atoms. The molecule has 0 bridgehead atoms. The summed E-state index contributed by atoms with van der Waals surface area (Å²) in [7, 11) is 3.25. The van der Waals surface area contributed by atoms with E-state index >= 15 is 0 Å². The molecule has 3 aromatic rings. The molecule has 8 heteroatoms. The highest BCUT2D eigenvalue weighted by atomic mass is 16.5. The van der Waals surface area contributed by atoms with Crippen LogP contribution >= 0.6 is 0 Å². The largest absolute Gasteiger partial charge is 0.496 e. The quantitative estimate of drug-likeness (QED) is 0.652. The van der Waals surface area contributed by atoms with Crippen LogP contribution in [0.5, 0.6) is 5.75 Å². The second-order valence-corrected chi connectivity index (χ2v) is 6.81. The summed E-state index contributed by atoms with van der Waals surface area (Å²) in [5.41, 5.74) is 7.48. The van der Waals surface area contributed by atoms with E-state index in [4.69, 9.17) is 15.2 Å². The number of nitrogen functional groups attached to an aromatic ring is 1.